The van der Waals surface area contributed by atoms with Crippen molar-refractivity contribution in [3.8, 4) is 11.3 Å². The Labute approximate surface area is 264 Å². The average Bonchev–Trinajstić information content (AvgIpc) is 3.67. The summed E-state index contributed by atoms with van der Waals surface area (Å²) in [4.78, 5) is 34.6. The van der Waals surface area contributed by atoms with Gasteiger partial charge in [-0.3, -0.25) is 14.1 Å². The number of carbonyl (C=O) groups excluding carboxylic acids is 2. The Morgan fingerprint density at radius 2 is 1.93 bits per heavy atom. The number of amides is 2. The zero-order valence-electron chi connectivity index (χ0n) is 25.8. The van der Waals surface area contributed by atoms with Gasteiger partial charge in [0.05, 0.1) is 34.6 Å². The third kappa shape index (κ3) is 6.97. The SMILES string of the molecule is CC(C)(C)OC(=O)N1CC(O)CC1c1ccc(-c2cn3c(n2)sc2cc(C(=O)NCCCN4CCC(F)CC4)ccc23)c(F)c1. The van der Waals surface area contributed by atoms with Crippen LogP contribution in [-0.4, -0.2) is 86.9 Å². The molecular weight excluding hydrogens is 600 g/mol. The zero-order chi connectivity index (χ0) is 31.9. The number of aliphatic hydroxyl groups excluding tert-OH is 1. The number of benzene rings is 2. The molecule has 2 aliphatic heterocycles. The van der Waals surface area contributed by atoms with Gasteiger partial charge in [0.25, 0.3) is 5.91 Å². The van der Waals surface area contributed by atoms with Crippen molar-refractivity contribution in [2.45, 2.75) is 70.4 Å². The molecule has 2 amide bonds. The molecule has 0 saturated carbocycles. The number of nitrogens with zero attached hydrogens (tertiary/aromatic N) is 4. The van der Waals surface area contributed by atoms with E-state index < -0.39 is 35.8 Å². The first kappa shape index (κ1) is 31.4. The number of hydrogen-bond donors (Lipinski definition) is 2. The van der Waals surface area contributed by atoms with Crippen molar-refractivity contribution in [1.82, 2.24) is 24.5 Å². The number of fused-ring (bicyclic) bond motifs is 3. The van der Waals surface area contributed by atoms with Gasteiger partial charge in [0.1, 0.15) is 17.6 Å². The molecule has 0 radical (unpaired) electrons. The second-order valence-corrected chi connectivity index (χ2v) is 14.0. The first-order chi connectivity index (χ1) is 21.4. The van der Waals surface area contributed by atoms with Crippen LogP contribution in [0.25, 0.3) is 26.4 Å². The van der Waals surface area contributed by atoms with Gasteiger partial charge >= 0.3 is 6.09 Å². The fourth-order valence-corrected chi connectivity index (χ4v) is 7.15. The molecular formula is C33H39F2N5O4S. The summed E-state index contributed by atoms with van der Waals surface area (Å²) >= 11 is 1.42. The first-order valence-corrected chi connectivity index (χ1v) is 16.3. The van der Waals surface area contributed by atoms with Crippen LogP contribution in [0.1, 0.15) is 68.4 Å². The van der Waals surface area contributed by atoms with Crippen molar-refractivity contribution in [1.29, 1.82) is 0 Å². The number of ether oxygens (including phenoxy) is 1. The summed E-state index contributed by atoms with van der Waals surface area (Å²) in [6, 6.07) is 9.81. The number of likely N-dealkylation sites (tertiary alicyclic amines) is 2. The smallest absolute Gasteiger partial charge is 0.410 e. The number of nitrogens with one attached hydrogen (secondary N) is 1. The van der Waals surface area contributed by atoms with E-state index in [1.54, 1.807) is 45.2 Å². The van der Waals surface area contributed by atoms with E-state index in [0.29, 0.717) is 53.2 Å². The second-order valence-electron chi connectivity index (χ2n) is 13.0. The molecule has 2 unspecified atom stereocenters. The minimum Gasteiger partial charge on any atom is -0.444 e. The molecule has 2 aliphatic rings. The molecule has 0 aliphatic carbocycles. The molecule has 2 atom stereocenters. The number of imidazole rings is 1. The number of hydrogen-bond acceptors (Lipinski definition) is 7. The Bertz CT molecular complexity index is 1710. The lowest BCUT2D eigenvalue weighted by Crippen LogP contribution is -2.37. The van der Waals surface area contributed by atoms with Gasteiger partial charge in [-0.05, 0) is 88.9 Å². The lowest BCUT2D eigenvalue weighted by atomic mass is 10.0. The summed E-state index contributed by atoms with van der Waals surface area (Å²) in [5.41, 5.74) is 2.12. The first-order valence-electron chi connectivity index (χ1n) is 15.5. The Morgan fingerprint density at radius 3 is 2.67 bits per heavy atom. The molecule has 45 heavy (non-hydrogen) atoms. The number of aromatic nitrogens is 2. The fourth-order valence-electron chi connectivity index (χ4n) is 6.10. The third-order valence-electron chi connectivity index (χ3n) is 8.37. The van der Waals surface area contributed by atoms with Crippen LogP contribution in [-0.2, 0) is 4.74 Å². The maximum Gasteiger partial charge on any atom is 0.410 e. The maximum atomic E-state index is 15.5. The average molecular weight is 640 g/mol. The van der Waals surface area contributed by atoms with Crippen LogP contribution in [0.5, 0.6) is 0 Å². The van der Waals surface area contributed by atoms with Crippen molar-refractivity contribution in [3.05, 3.63) is 59.5 Å². The molecule has 9 nitrogen and oxygen atoms in total. The number of rotatable bonds is 7. The minimum atomic E-state index is -0.720. The topological polar surface area (TPSA) is 99.4 Å². The molecule has 2 aromatic heterocycles. The van der Waals surface area contributed by atoms with Crippen LogP contribution in [0.2, 0.25) is 0 Å². The highest BCUT2D eigenvalue weighted by Crippen LogP contribution is 2.36. The fraction of sp³-hybridized carbons (Fsp3) is 0.485. The normalized spacial score (nSPS) is 19.9. The molecule has 2 aromatic carbocycles. The Balaban J connectivity index is 1.13. The van der Waals surface area contributed by atoms with Crippen LogP contribution in [0.15, 0.2) is 42.6 Å². The van der Waals surface area contributed by atoms with Crippen LogP contribution in [0, 0.1) is 5.82 Å². The monoisotopic (exact) mass is 639 g/mol. The van der Waals surface area contributed by atoms with Crippen molar-refractivity contribution < 1.29 is 28.2 Å². The molecule has 12 heteroatoms. The number of halogens is 2. The second kappa shape index (κ2) is 12.6. The van der Waals surface area contributed by atoms with Crippen LogP contribution >= 0.6 is 11.3 Å². The van der Waals surface area contributed by atoms with Crippen LogP contribution < -0.4 is 5.32 Å². The highest BCUT2D eigenvalue weighted by molar-refractivity contribution is 7.23. The van der Waals surface area contributed by atoms with Gasteiger partial charge in [0.15, 0.2) is 4.96 Å². The van der Waals surface area contributed by atoms with E-state index in [2.05, 4.69) is 15.2 Å². The number of alkyl halides is 1. The molecule has 0 spiro atoms. The predicted octanol–water partition coefficient (Wildman–Crippen LogP) is 5.95. The predicted molar refractivity (Wildman–Crippen MR) is 170 cm³/mol. The Morgan fingerprint density at radius 1 is 1.16 bits per heavy atom. The molecule has 4 aromatic rings. The van der Waals surface area contributed by atoms with E-state index in [-0.39, 0.29) is 12.5 Å². The number of carbonyl (C=O) groups is 2. The van der Waals surface area contributed by atoms with Gasteiger partial charge in [-0.15, -0.1) is 0 Å². The largest absolute Gasteiger partial charge is 0.444 e. The van der Waals surface area contributed by atoms with E-state index in [1.165, 1.54) is 22.3 Å². The molecule has 4 heterocycles. The molecule has 6 rings (SSSR count). The lowest BCUT2D eigenvalue weighted by Gasteiger charge is -2.28. The lowest BCUT2D eigenvalue weighted by molar-refractivity contribution is 0.0206. The summed E-state index contributed by atoms with van der Waals surface area (Å²) in [5, 5.41) is 13.3. The third-order valence-corrected chi connectivity index (χ3v) is 9.39. The quantitative estimate of drug-likeness (QED) is 0.243. The van der Waals surface area contributed by atoms with E-state index in [1.807, 2.05) is 16.5 Å². The molecule has 240 valence electrons. The molecule has 2 saturated heterocycles. The number of aliphatic hydroxyl groups is 1. The summed E-state index contributed by atoms with van der Waals surface area (Å²) < 4.78 is 37.1. The number of β-amino-alcohol motifs (C(OH)–C–C–N with tert-alkyl or cyclic N) is 1. The Hall–Kier alpha value is -3.61. The summed E-state index contributed by atoms with van der Waals surface area (Å²) in [6.45, 7) is 8.39. The van der Waals surface area contributed by atoms with Gasteiger partial charge in [-0.2, -0.15) is 0 Å². The van der Waals surface area contributed by atoms with E-state index >= 15 is 4.39 Å². The van der Waals surface area contributed by atoms with Gasteiger partial charge < -0.3 is 20.1 Å². The summed E-state index contributed by atoms with van der Waals surface area (Å²) in [7, 11) is 0. The van der Waals surface area contributed by atoms with Gasteiger partial charge in [-0.25, -0.2) is 18.6 Å². The molecule has 2 fully saturated rings. The minimum absolute atomic E-state index is 0.123. The van der Waals surface area contributed by atoms with E-state index in [9.17, 15) is 19.1 Å². The van der Waals surface area contributed by atoms with Gasteiger partial charge in [0.2, 0.25) is 0 Å². The van der Waals surface area contributed by atoms with Crippen LogP contribution in [0.3, 0.4) is 0 Å². The Kier molecular flexibility index (Phi) is 8.82. The number of thiazole rings is 1. The van der Waals surface area contributed by atoms with Crippen molar-refractivity contribution in [2.24, 2.45) is 0 Å². The van der Waals surface area contributed by atoms with Gasteiger partial charge in [0, 0.05) is 37.0 Å². The number of piperidine rings is 1. The van der Waals surface area contributed by atoms with Gasteiger partial charge in [-0.1, -0.05) is 17.4 Å². The van der Waals surface area contributed by atoms with Crippen molar-refractivity contribution >= 4 is 38.5 Å². The summed E-state index contributed by atoms with van der Waals surface area (Å²) in [6.07, 6.45) is 2.11. The molecule has 2 N–H and O–H groups in total. The van der Waals surface area contributed by atoms with E-state index in [0.717, 1.165) is 36.3 Å². The van der Waals surface area contributed by atoms with E-state index in [4.69, 9.17) is 4.74 Å². The molecule has 0 bridgehead atoms. The highest BCUT2D eigenvalue weighted by Gasteiger charge is 2.38. The van der Waals surface area contributed by atoms with Crippen molar-refractivity contribution in [2.75, 3.05) is 32.7 Å². The standard InChI is InChI=1S/C33H39F2N5O4S/c1-33(2,3)44-32(43)40-18-23(41)17-28(40)20-5-7-24(25(35)15-20)26-19-39-27-8-6-21(16-29(27)45-31(39)37-26)30(42)36-11-4-12-38-13-9-22(34)10-14-38/h5-8,15-16,19,22-23,28,41H,4,9-14,17-18H2,1-3H3,(H,36,42). The van der Waals surface area contributed by atoms with Crippen molar-refractivity contribution in [3.63, 3.8) is 0 Å². The van der Waals surface area contributed by atoms with Crippen LogP contribution in [0.4, 0.5) is 13.6 Å². The highest BCUT2D eigenvalue weighted by atomic mass is 32.1. The zero-order valence-corrected chi connectivity index (χ0v) is 26.6. The maximum absolute atomic E-state index is 15.5. The summed E-state index contributed by atoms with van der Waals surface area (Å²) in [5.74, 6) is -0.618.